The quantitative estimate of drug-likeness (QED) is 0.341. The van der Waals surface area contributed by atoms with Crippen molar-refractivity contribution in [2.45, 2.75) is 136 Å². The summed E-state index contributed by atoms with van der Waals surface area (Å²) >= 11 is 0. The van der Waals surface area contributed by atoms with Crippen LogP contribution in [0.5, 0.6) is 0 Å². The molecule has 10 heteroatoms. The molecule has 4 bridgehead atoms. The van der Waals surface area contributed by atoms with Crippen LogP contribution in [0.2, 0.25) is 0 Å². The molecule has 3 aliphatic heterocycles. The van der Waals surface area contributed by atoms with Crippen LogP contribution >= 0.6 is 0 Å². The van der Waals surface area contributed by atoms with Crippen LogP contribution in [-0.2, 0) is 26.0 Å². The summed E-state index contributed by atoms with van der Waals surface area (Å²) in [5.41, 5.74) is 6.03. The average Bonchev–Trinajstić information content (AvgIpc) is 3.37. The van der Waals surface area contributed by atoms with Gasteiger partial charge in [0.25, 0.3) is 0 Å². The summed E-state index contributed by atoms with van der Waals surface area (Å²) < 4.78 is 43.8. The lowest BCUT2D eigenvalue weighted by Gasteiger charge is -2.41. The number of fused-ring (bicyclic) bond motifs is 4. The van der Waals surface area contributed by atoms with E-state index in [4.69, 9.17) is 14.5 Å². The predicted octanol–water partition coefficient (Wildman–Crippen LogP) is 6.24. The zero-order valence-electron chi connectivity index (χ0n) is 30.2. The molecular weight excluding hydrogens is 623 g/mol. The molecule has 3 saturated heterocycles. The average molecular weight is 682 g/mol. The molecule has 266 valence electrons. The van der Waals surface area contributed by atoms with Gasteiger partial charge < -0.3 is 9.47 Å². The van der Waals surface area contributed by atoms with Gasteiger partial charge in [0.15, 0.2) is 0 Å². The number of aromatic nitrogens is 1. The Morgan fingerprint density at radius 3 is 2.46 bits per heavy atom. The van der Waals surface area contributed by atoms with E-state index in [0.717, 1.165) is 50.1 Å². The minimum atomic E-state index is -3.58. The van der Waals surface area contributed by atoms with Crippen molar-refractivity contribution in [3.63, 3.8) is 0 Å². The second-order valence-corrected chi connectivity index (χ2v) is 19.1. The molecule has 48 heavy (non-hydrogen) atoms. The minimum Gasteiger partial charge on any atom is -0.373 e. The number of aryl methyl sites for hydroxylation is 2. The number of ether oxygens (including phenoxy) is 2. The molecule has 2 aromatic rings. The summed E-state index contributed by atoms with van der Waals surface area (Å²) in [5.74, 6) is 0.277. The monoisotopic (exact) mass is 681 g/mol. The molecule has 6 unspecified atom stereocenters. The smallest absolute Gasteiger partial charge is 0.216 e. The molecule has 1 saturated carbocycles. The van der Waals surface area contributed by atoms with E-state index in [1.807, 2.05) is 6.20 Å². The summed E-state index contributed by atoms with van der Waals surface area (Å²) in [6, 6.07) is 10.8. The molecule has 9 nitrogen and oxygen atoms in total. The summed E-state index contributed by atoms with van der Waals surface area (Å²) in [4.78, 5) is 7.52. The molecule has 4 fully saturated rings. The van der Waals surface area contributed by atoms with Gasteiger partial charge in [-0.3, -0.25) is 20.5 Å². The predicted molar refractivity (Wildman–Crippen MR) is 190 cm³/mol. The first-order valence-electron chi connectivity index (χ1n) is 18.2. The number of hydrogen-bond acceptors (Lipinski definition) is 8. The molecule has 6 rings (SSSR count). The molecule has 7 atom stereocenters. The second-order valence-electron chi connectivity index (χ2n) is 17.1. The lowest BCUT2D eigenvalue weighted by Crippen LogP contribution is -2.64. The van der Waals surface area contributed by atoms with Gasteiger partial charge in [-0.25, -0.2) is 8.42 Å². The Labute approximate surface area is 289 Å². The summed E-state index contributed by atoms with van der Waals surface area (Å²) in [7, 11) is -3.58. The zero-order valence-corrected chi connectivity index (χ0v) is 31.0. The third-order valence-corrected chi connectivity index (χ3v) is 12.7. The Morgan fingerprint density at radius 2 is 1.79 bits per heavy atom. The van der Waals surface area contributed by atoms with Crippen molar-refractivity contribution in [2.75, 3.05) is 19.8 Å². The Morgan fingerprint density at radius 1 is 1.02 bits per heavy atom. The van der Waals surface area contributed by atoms with E-state index in [0.29, 0.717) is 32.4 Å². The first-order valence-corrected chi connectivity index (χ1v) is 19.7. The van der Waals surface area contributed by atoms with Gasteiger partial charge in [0.1, 0.15) is 12.5 Å². The highest BCUT2D eigenvalue weighted by Crippen LogP contribution is 2.40. The minimum absolute atomic E-state index is 0.0521. The number of nitrogens with zero attached hydrogens (tertiary/aromatic N) is 2. The normalized spacial score (nSPS) is 32.9. The van der Waals surface area contributed by atoms with Crippen LogP contribution < -0.4 is 15.4 Å². The zero-order chi connectivity index (χ0) is 34.3. The topological polar surface area (TPSA) is 105 Å². The van der Waals surface area contributed by atoms with Crippen molar-refractivity contribution in [1.29, 1.82) is 0 Å². The second kappa shape index (κ2) is 14.4. The number of nitrogens with one attached hydrogen (secondary N) is 3. The van der Waals surface area contributed by atoms with Crippen molar-refractivity contribution in [3.05, 3.63) is 64.5 Å². The molecule has 0 amide bonds. The van der Waals surface area contributed by atoms with E-state index in [9.17, 15) is 8.42 Å². The van der Waals surface area contributed by atoms with Gasteiger partial charge >= 0.3 is 0 Å². The van der Waals surface area contributed by atoms with E-state index in [1.54, 1.807) is 0 Å². The fourth-order valence-electron chi connectivity index (χ4n) is 8.49. The molecule has 1 aromatic heterocycles. The Bertz CT molecular complexity index is 1490. The lowest BCUT2D eigenvalue weighted by atomic mass is 9.85. The van der Waals surface area contributed by atoms with E-state index >= 15 is 0 Å². The van der Waals surface area contributed by atoms with E-state index in [2.05, 4.69) is 99.1 Å². The highest BCUT2D eigenvalue weighted by Gasteiger charge is 2.40. The number of pyridine rings is 1. The van der Waals surface area contributed by atoms with Crippen LogP contribution in [0.3, 0.4) is 0 Å². The van der Waals surface area contributed by atoms with Gasteiger partial charge in [-0.05, 0) is 91.0 Å². The van der Waals surface area contributed by atoms with E-state index in [-0.39, 0.29) is 41.2 Å². The fraction of sp³-hybridized carbons (Fsp3) is 0.711. The van der Waals surface area contributed by atoms with Crippen molar-refractivity contribution in [3.8, 4) is 0 Å². The van der Waals surface area contributed by atoms with Gasteiger partial charge in [-0.1, -0.05) is 65.3 Å². The highest BCUT2D eigenvalue weighted by molar-refractivity contribution is 7.90. The first kappa shape index (κ1) is 35.9. The molecule has 4 heterocycles. The maximum absolute atomic E-state index is 13.9. The Balaban J connectivity index is 1.30. The molecule has 4 aliphatic rings. The molecule has 0 radical (unpaired) electrons. The van der Waals surface area contributed by atoms with Crippen LogP contribution in [-0.4, -0.2) is 61.9 Å². The van der Waals surface area contributed by atoms with Gasteiger partial charge in [0.2, 0.25) is 10.0 Å². The largest absolute Gasteiger partial charge is 0.373 e. The van der Waals surface area contributed by atoms with Gasteiger partial charge in [-0.2, -0.15) is 4.72 Å². The highest BCUT2D eigenvalue weighted by atomic mass is 32.2. The van der Waals surface area contributed by atoms with Crippen LogP contribution in [0.15, 0.2) is 36.5 Å². The third-order valence-electron chi connectivity index (χ3n) is 10.9. The maximum Gasteiger partial charge on any atom is 0.216 e. The molecule has 1 aliphatic carbocycles. The molecule has 1 aromatic carbocycles. The van der Waals surface area contributed by atoms with Crippen LogP contribution in [0.4, 0.5) is 0 Å². The van der Waals surface area contributed by atoms with Crippen molar-refractivity contribution < 1.29 is 17.9 Å². The number of hydrogen-bond donors (Lipinski definition) is 3. The number of rotatable bonds is 5. The van der Waals surface area contributed by atoms with E-state index < -0.39 is 21.6 Å². The van der Waals surface area contributed by atoms with Crippen molar-refractivity contribution in [1.82, 2.24) is 25.2 Å². The Kier molecular flexibility index (Phi) is 10.7. The maximum atomic E-state index is 13.9. The molecular formula is C38H59N5O4S. The third kappa shape index (κ3) is 8.86. The summed E-state index contributed by atoms with van der Waals surface area (Å²) in [5, 5.41) is 6.65. The summed E-state index contributed by atoms with van der Waals surface area (Å²) in [6.45, 7) is 18.5. The number of benzene rings is 1. The van der Waals surface area contributed by atoms with Gasteiger partial charge in [0, 0.05) is 37.8 Å². The summed E-state index contributed by atoms with van der Waals surface area (Å²) in [6.07, 6.45) is 7.10. The number of sulfonamides is 1. The van der Waals surface area contributed by atoms with Gasteiger partial charge in [0.05, 0.1) is 30.3 Å². The van der Waals surface area contributed by atoms with E-state index in [1.165, 1.54) is 16.7 Å². The fourth-order valence-corrected chi connectivity index (χ4v) is 10.1. The SMILES string of the molecule is Cc1cccc(C)c1C1CC2NC(N1)NS(=O)(=O)C1CCCC(C1)CN(Cc1ccc(C3CC(C)(C)CO3)cn1)[C@H](CC(C)(C)C)CO2. The van der Waals surface area contributed by atoms with Crippen LogP contribution in [0, 0.1) is 30.6 Å². The molecule has 3 N–H and O–H groups in total. The first-order chi connectivity index (χ1) is 22.6. The Hall–Kier alpha value is -1.92. The van der Waals surface area contributed by atoms with Crippen molar-refractivity contribution in [2.24, 2.45) is 16.7 Å². The lowest BCUT2D eigenvalue weighted by molar-refractivity contribution is -0.0517. The standard InChI is InChI=1S/C38H59N5O4S/c1-25-10-8-11-26(2)35(25)32-17-34-41-36(40-32)42-48(44,45)31-13-9-12-27(16-31)21-43(30(23-46-34)18-37(3,4)5)22-29-15-14-28(20-39-29)33-19-38(6,7)24-47-33/h8,10-11,14-15,20,27,30-34,36,40-42H,9,12-13,16-19,21-24H2,1-7H3/t27?,30-,31?,32?,33?,34?,36?/m1/s1. The van der Waals surface area contributed by atoms with Crippen molar-refractivity contribution >= 4 is 10.0 Å². The van der Waals surface area contributed by atoms with Crippen LogP contribution in [0.25, 0.3) is 0 Å². The van der Waals surface area contributed by atoms with Crippen LogP contribution in [0.1, 0.15) is 120 Å². The van der Waals surface area contributed by atoms with Gasteiger partial charge in [-0.15, -0.1) is 0 Å². The molecule has 0 spiro atoms.